The number of amides is 2. The SMILES string of the molecule is CC1CN(C(=O)Nc2cc(C#N)ccc2Cl)CC1C(=O)O. The highest BCUT2D eigenvalue weighted by Gasteiger charge is 2.37. The van der Waals surface area contributed by atoms with Gasteiger partial charge in [0.15, 0.2) is 0 Å². The van der Waals surface area contributed by atoms with Crippen LogP contribution in [0.4, 0.5) is 10.5 Å². The second kappa shape index (κ2) is 6.02. The van der Waals surface area contributed by atoms with Crippen LogP contribution in [0.3, 0.4) is 0 Å². The Hall–Kier alpha value is -2.26. The van der Waals surface area contributed by atoms with Gasteiger partial charge in [-0.05, 0) is 24.1 Å². The Morgan fingerprint density at radius 1 is 1.48 bits per heavy atom. The summed E-state index contributed by atoms with van der Waals surface area (Å²) in [6.45, 7) is 2.34. The van der Waals surface area contributed by atoms with Crippen LogP contribution in [-0.4, -0.2) is 35.1 Å². The fourth-order valence-corrected chi connectivity index (χ4v) is 2.50. The van der Waals surface area contributed by atoms with Crippen LogP contribution in [-0.2, 0) is 4.79 Å². The van der Waals surface area contributed by atoms with Crippen LogP contribution >= 0.6 is 11.6 Å². The van der Waals surface area contributed by atoms with Crippen LogP contribution in [0.15, 0.2) is 18.2 Å². The van der Waals surface area contributed by atoms with Gasteiger partial charge in [0.2, 0.25) is 0 Å². The summed E-state index contributed by atoms with van der Waals surface area (Å²) in [6.07, 6.45) is 0. The third kappa shape index (κ3) is 3.26. The van der Waals surface area contributed by atoms with Gasteiger partial charge in [-0.25, -0.2) is 4.79 Å². The monoisotopic (exact) mass is 307 g/mol. The number of rotatable bonds is 2. The number of nitrogens with one attached hydrogen (secondary N) is 1. The summed E-state index contributed by atoms with van der Waals surface area (Å²) in [5.74, 6) is -1.56. The summed E-state index contributed by atoms with van der Waals surface area (Å²) in [7, 11) is 0. The molecule has 1 saturated heterocycles. The highest BCUT2D eigenvalue weighted by Crippen LogP contribution is 2.26. The number of carbonyl (C=O) groups excluding carboxylic acids is 1. The summed E-state index contributed by atoms with van der Waals surface area (Å²) < 4.78 is 0. The quantitative estimate of drug-likeness (QED) is 0.877. The van der Waals surface area contributed by atoms with E-state index in [1.165, 1.54) is 17.0 Å². The first-order chi connectivity index (χ1) is 9.92. The van der Waals surface area contributed by atoms with Crippen molar-refractivity contribution in [1.82, 2.24) is 4.90 Å². The molecule has 0 spiro atoms. The minimum atomic E-state index is -0.901. The number of hydrogen-bond donors (Lipinski definition) is 2. The molecule has 1 fully saturated rings. The maximum Gasteiger partial charge on any atom is 0.321 e. The highest BCUT2D eigenvalue weighted by atomic mass is 35.5. The van der Waals surface area contributed by atoms with Crippen LogP contribution in [0.1, 0.15) is 12.5 Å². The number of urea groups is 1. The Labute approximate surface area is 126 Å². The Bertz CT molecular complexity index is 626. The molecule has 0 saturated carbocycles. The highest BCUT2D eigenvalue weighted by molar-refractivity contribution is 6.33. The number of carboxylic acids is 1. The van der Waals surface area contributed by atoms with E-state index in [9.17, 15) is 9.59 Å². The molecule has 1 heterocycles. The number of benzene rings is 1. The third-order valence-electron chi connectivity index (χ3n) is 3.55. The van der Waals surface area contributed by atoms with E-state index in [4.69, 9.17) is 22.0 Å². The van der Waals surface area contributed by atoms with Crippen molar-refractivity contribution in [2.24, 2.45) is 11.8 Å². The van der Waals surface area contributed by atoms with E-state index in [-0.39, 0.29) is 12.5 Å². The number of halogens is 1. The second-order valence-electron chi connectivity index (χ2n) is 5.06. The van der Waals surface area contributed by atoms with Crippen molar-refractivity contribution in [3.8, 4) is 6.07 Å². The first kappa shape index (κ1) is 15.1. The second-order valence-corrected chi connectivity index (χ2v) is 5.47. The fraction of sp³-hybridized carbons (Fsp3) is 0.357. The van der Waals surface area contributed by atoms with Gasteiger partial charge in [0.25, 0.3) is 0 Å². The van der Waals surface area contributed by atoms with Crippen molar-refractivity contribution >= 4 is 29.3 Å². The average molecular weight is 308 g/mol. The largest absolute Gasteiger partial charge is 0.481 e. The molecule has 7 heteroatoms. The van der Waals surface area contributed by atoms with E-state index in [0.29, 0.717) is 22.8 Å². The lowest BCUT2D eigenvalue weighted by Gasteiger charge is -2.17. The van der Waals surface area contributed by atoms with Gasteiger partial charge < -0.3 is 15.3 Å². The molecule has 1 aliphatic heterocycles. The molecule has 2 unspecified atom stereocenters. The Morgan fingerprint density at radius 3 is 2.76 bits per heavy atom. The van der Waals surface area contributed by atoms with Crippen LogP contribution in [0.25, 0.3) is 0 Å². The van der Waals surface area contributed by atoms with Gasteiger partial charge in [0.1, 0.15) is 0 Å². The molecule has 0 aromatic heterocycles. The molecular formula is C14H14ClN3O3. The molecule has 0 bridgehead atoms. The van der Waals surface area contributed by atoms with E-state index in [1.54, 1.807) is 13.0 Å². The van der Waals surface area contributed by atoms with Gasteiger partial charge in [0, 0.05) is 13.1 Å². The van der Waals surface area contributed by atoms with Crippen molar-refractivity contribution in [3.05, 3.63) is 28.8 Å². The van der Waals surface area contributed by atoms with E-state index in [2.05, 4.69) is 5.32 Å². The molecule has 2 atom stereocenters. The van der Waals surface area contributed by atoms with Gasteiger partial charge >= 0.3 is 12.0 Å². The molecule has 0 aliphatic carbocycles. The lowest BCUT2D eigenvalue weighted by Crippen LogP contribution is -2.33. The summed E-state index contributed by atoms with van der Waals surface area (Å²) >= 11 is 5.97. The molecule has 1 aromatic carbocycles. The first-order valence-corrected chi connectivity index (χ1v) is 6.78. The van der Waals surface area contributed by atoms with Gasteiger partial charge in [-0.2, -0.15) is 5.26 Å². The number of carbonyl (C=O) groups is 2. The Balaban J connectivity index is 2.09. The first-order valence-electron chi connectivity index (χ1n) is 6.40. The topological polar surface area (TPSA) is 93.4 Å². The molecule has 0 radical (unpaired) electrons. The number of aliphatic carboxylic acids is 1. The van der Waals surface area contributed by atoms with Gasteiger partial charge in [0.05, 0.1) is 28.3 Å². The minimum Gasteiger partial charge on any atom is -0.481 e. The van der Waals surface area contributed by atoms with Crippen LogP contribution < -0.4 is 5.32 Å². The van der Waals surface area contributed by atoms with Crippen LogP contribution in [0, 0.1) is 23.2 Å². The molecule has 1 aliphatic rings. The van der Waals surface area contributed by atoms with Crippen molar-refractivity contribution in [2.45, 2.75) is 6.92 Å². The zero-order chi connectivity index (χ0) is 15.6. The van der Waals surface area contributed by atoms with Crippen LogP contribution in [0.5, 0.6) is 0 Å². The van der Waals surface area contributed by atoms with E-state index in [0.717, 1.165) is 0 Å². The van der Waals surface area contributed by atoms with E-state index >= 15 is 0 Å². The average Bonchev–Trinajstić information content (AvgIpc) is 2.83. The van der Waals surface area contributed by atoms with Crippen molar-refractivity contribution in [3.63, 3.8) is 0 Å². The third-order valence-corrected chi connectivity index (χ3v) is 3.88. The van der Waals surface area contributed by atoms with E-state index in [1.807, 2.05) is 6.07 Å². The lowest BCUT2D eigenvalue weighted by molar-refractivity contribution is -0.142. The Morgan fingerprint density at radius 2 is 2.19 bits per heavy atom. The Kier molecular flexibility index (Phi) is 4.34. The number of nitriles is 1. The van der Waals surface area contributed by atoms with Crippen LogP contribution in [0.2, 0.25) is 5.02 Å². The summed E-state index contributed by atoms with van der Waals surface area (Å²) in [4.78, 5) is 24.7. The number of anilines is 1. The molecule has 1 aromatic rings. The molecular weight excluding hydrogens is 294 g/mol. The maximum absolute atomic E-state index is 12.2. The summed E-state index contributed by atoms with van der Waals surface area (Å²) in [6, 6.07) is 6.11. The predicted octanol–water partition coefficient (Wildman–Crippen LogP) is 2.40. The molecule has 21 heavy (non-hydrogen) atoms. The minimum absolute atomic E-state index is 0.103. The molecule has 110 valence electrons. The normalized spacial score (nSPS) is 20.9. The van der Waals surface area contributed by atoms with Gasteiger partial charge in [-0.1, -0.05) is 18.5 Å². The lowest BCUT2D eigenvalue weighted by atomic mass is 9.99. The molecule has 2 N–H and O–H groups in total. The number of carboxylic acid groups (broad SMARTS) is 1. The number of nitrogens with zero attached hydrogens (tertiary/aromatic N) is 2. The standard InChI is InChI=1S/C14H14ClN3O3/c1-8-6-18(7-10(8)13(19)20)14(21)17-12-4-9(5-16)2-3-11(12)15/h2-4,8,10H,6-7H2,1H3,(H,17,21)(H,19,20). The number of likely N-dealkylation sites (tertiary alicyclic amines) is 1. The summed E-state index contributed by atoms with van der Waals surface area (Å²) in [5.41, 5.74) is 0.722. The van der Waals surface area contributed by atoms with Gasteiger partial charge in [-0.15, -0.1) is 0 Å². The maximum atomic E-state index is 12.2. The smallest absolute Gasteiger partial charge is 0.321 e. The summed E-state index contributed by atoms with van der Waals surface area (Å²) in [5, 5.41) is 20.9. The predicted molar refractivity (Wildman–Crippen MR) is 77.0 cm³/mol. The zero-order valence-corrected chi connectivity index (χ0v) is 12.1. The van der Waals surface area contributed by atoms with Crippen molar-refractivity contribution in [2.75, 3.05) is 18.4 Å². The van der Waals surface area contributed by atoms with Crippen molar-refractivity contribution < 1.29 is 14.7 Å². The number of hydrogen-bond acceptors (Lipinski definition) is 3. The van der Waals surface area contributed by atoms with E-state index < -0.39 is 17.9 Å². The van der Waals surface area contributed by atoms with Gasteiger partial charge in [-0.3, -0.25) is 4.79 Å². The molecule has 6 nitrogen and oxygen atoms in total. The fourth-order valence-electron chi connectivity index (χ4n) is 2.34. The zero-order valence-electron chi connectivity index (χ0n) is 11.3. The van der Waals surface area contributed by atoms with Crippen molar-refractivity contribution in [1.29, 1.82) is 5.26 Å². The molecule has 2 amide bonds. The molecule has 2 rings (SSSR count).